The van der Waals surface area contributed by atoms with Gasteiger partial charge in [0.1, 0.15) is 11.3 Å². The summed E-state index contributed by atoms with van der Waals surface area (Å²) in [6, 6.07) is 11.2. The van der Waals surface area contributed by atoms with Gasteiger partial charge in [-0.05, 0) is 23.8 Å². The average molecular weight is 386 g/mol. The Morgan fingerprint density at radius 2 is 1.50 bits per heavy atom. The van der Waals surface area contributed by atoms with Crippen molar-refractivity contribution in [3.8, 4) is 22.3 Å². The largest absolute Gasteiger partial charge is 0.419 e. The minimum absolute atomic E-state index is 0.0928. The van der Waals surface area contributed by atoms with Crippen LogP contribution in [0.3, 0.4) is 0 Å². The van der Waals surface area contributed by atoms with Crippen LogP contribution in [0, 0.1) is 11.6 Å². The first-order valence-electron chi connectivity index (χ1n) is 8.21. The predicted molar refractivity (Wildman–Crippen MR) is 95.3 cm³/mol. The van der Waals surface area contributed by atoms with Crippen LogP contribution >= 0.6 is 0 Å². The summed E-state index contributed by atoms with van der Waals surface area (Å²) >= 11 is 0. The van der Waals surface area contributed by atoms with Gasteiger partial charge in [-0.25, -0.2) is 8.78 Å². The minimum Gasteiger partial charge on any atom is -0.264 e. The number of hydrogen-bond acceptors (Lipinski definition) is 2. The van der Waals surface area contributed by atoms with Crippen LogP contribution in [0.2, 0.25) is 0 Å². The summed E-state index contributed by atoms with van der Waals surface area (Å²) in [6.07, 6.45) is -0.622. The molecule has 0 aliphatic heterocycles. The third-order valence-electron chi connectivity index (χ3n) is 4.42. The Morgan fingerprint density at radius 3 is 2.21 bits per heavy atom. The Morgan fingerprint density at radius 1 is 0.714 bits per heavy atom. The standard InChI is InChI=1S/C21H11F5N2/c22-18-13(12-3-2-9-27-11-12)4-1-5-15(18)14-8-10-28-20-16(14)6-7-17(19(20)23)21(24,25)26/h1-11H. The first kappa shape index (κ1) is 18.0. The summed E-state index contributed by atoms with van der Waals surface area (Å²) in [7, 11) is 0. The minimum atomic E-state index is -4.85. The first-order valence-corrected chi connectivity index (χ1v) is 8.21. The number of aromatic nitrogens is 2. The Balaban J connectivity index is 1.95. The molecule has 0 amide bonds. The van der Waals surface area contributed by atoms with Gasteiger partial charge in [-0.1, -0.05) is 30.3 Å². The monoisotopic (exact) mass is 386 g/mol. The third kappa shape index (κ3) is 2.98. The van der Waals surface area contributed by atoms with Crippen molar-refractivity contribution in [3.63, 3.8) is 0 Å². The maximum atomic E-state index is 15.2. The molecule has 2 aromatic carbocycles. The molecule has 0 saturated heterocycles. The van der Waals surface area contributed by atoms with Gasteiger partial charge in [-0.2, -0.15) is 13.2 Å². The molecule has 0 unspecified atom stereocenters. The Kier molecular flexibility index (Phi) is 4.30. The summed E-state index contributed by atoms with van der Waals surface area (Å²) in [6.45, 7) is 0. The van der Waals surface area contributed by atoms with Gasteiger partial charge in [0, 0.05) is 40.7 Å². The van der Waals surface area contributed by atoms with E-state index in [1.165, 1.54) is 18.3 Å². The van der Waals surface area contributed by atoms with Crippen molar-refractivity contribution in [1.82, 2.24) is 9.97 Å². The zero-order valence-corrected chi connectivity index (χ0v) is 14.1. The predicted octanol–water partition coefficient (Wildman–Crippen LogP) is 6.26. The average Bonchev–Trinajstić information content (AvgIpc) is 2.68. The second kappa shape index (κ2) is 6.67. The van der Waals surface area contributed by atoms with Crippen molar-refractivity contribution >= 4 is 10.9 Å². The van der Waals surface area contributed by atoms with Gasteiger partial charge in [-0.15, -0.1) is 0 Å². The van der Waals surface area contributed by atoms with Crippen LogP contribution in [0.15, 0.2) is 67.1 Å². The highest BCUT2D eigenvalue weighted by Gasteiger charge is 2.35. The quantitative estimate of drug-likeness (QED) is 0.380. The lowest BCUT2D eigenvalue weighted by Crippen LogP contribution is -2.08. The number of nitrogens with zero attached hydrogens (tertiary/aromatic N) is 2. The van der Waals surface area contributed by atoms with E-state index in [-0.39, 0.29) is 22.1 Å². The van der Waals surface area contributed by atoms with Crippen LogP contribution in [-0.2, 0) is 6.18 Å². The smallest absolute Gasteiger partial charge is 0.264 e. The second-order valence-corrected chi connectivity index (χ2v) is 6.09. The van der Waals surface area contributed by atoms with Crippen LogP contribution in [0.25, 0.3) is 33.2 Å². The summed E-state index contributed by atoms with van der Waals surface area (Å²) in [4.78, 5) is 7.71. The van der Waals surface area contributed by atoms with Gasteiger partial charge in [0.2, 0.25) is 0 Å². The summed E-state index contributed by atoms with van der Waals surface area (Å²) < 4.78 is 68.6. The van der Waals surface area contributed by atoms with Crippen molar-refractivity contribution in [2.45, 2.75) is 6.18 Å². The molecule has 2 heterocycles. The summed E-state index contributed by atoms with van der Waals surface area (Å²) in [5.41, 5.74) is -0.657. The molecule has 0 radical (unpaired) electrons. The van der Waals surface area contributed by atoms with Gasteiger partial charge in [0.05, 0.1) is 5.56 Å². The molecule has 0 bridgehead atoms. The molecule has 2 aromatic heterocycles. The zero-order chi connectivity index (χ0) is 19.9. The molecule has 140 valence electrons. The molecule has 4 aromatic rings. The molecule has 0 saturated carbocycles. The molecular weight excluding hydrogens is 375 g/mol. The fourth-order valence-electron chi connectivity index (χ4n) is 3.12. The van der Waals surface area contributed by atoms with Gasteiger partial charge in [0.15, 0.2) is 5.82 Å². The molecule has 0 fully saturated rings. The van der Waals surface area contributed by atoms with E-state index in [0.29, 0.717) is 11.6 Å². The van der Waals surface area contributed by atoms with E-state index in [9.17, 15) is 17.6 Å². The lowest BCUT2D eigenvalue weighted by molar-refractivity contribution is -0.139. The molecule has 0 N–H and O–H groups in total. The van der Waals surface area contributed by atoms with Gasteiger partial charge >= 0.3 is 6.18 Å². The number of rotatable bonds is 2. The van der Waals surface area contributed by atoms with Crippen LogP contribution in [-0.4, -0.2) is 9.97 Å². The molecule has 7 heteroatoms. The fourth-order valence-corrected chi connectivity index (χ4v) is 3.12. The number of hydrogen-bond donors (Lipinski definition) is 0. The number of alkyl halides is 3. The molecule has 2 nitrogen and oxygen atoms in total. The van der Waals surface area contributed by atoms with Crippen LogP contribution in [0.5, 0.6) is 0 Å². The van der Waals surface area contributed by atoms with Crippen LogP contribution in [0.1, 0.15) is 5.56 Å². The van der Waals surface area contributed by atoms with Crippen molar-refractivity contribution < 1.29 is 22.0 Å². The van der Waals surface area contributed by atoms with E-state index >= 15 is 4.39 Å². The first-order chi connectivity index (χ1) is 13.4. The van der Waals surface area contributed by atoms with E-state index in [2.05, 4.69) is 9.97 Å². The van der Waals surface area contributed by atoms with Gasteiger partial charge in [0.25, 0.3) is 0 Å². The summed E-state index contributed by atoms with van der Waals surface area (Å²) in [5, 5.41) is 0.0928. The highest BCUT2D eigenvalue weighted by atomic mass is 19.4. The van der Waals surface area contributed by atoms with E-state index in [1.807, 2.05) is 0 Å². The fraction of sp³-hybridized carbons (Fsp3) is 0.0476. The Bertz CT molecular complexity index is 1170. The van der Waals surface area contributed by atoms with Crippen molar-refractivity contribution in [2.75, 3.05) is 0 Å². The number of benzene rings is 2. The number of pyridine rings is 2. The molecule has 0 atom stereocenters. The van der Waals surface area contributed by atoms with E-state index < -0.39 is 28.9 Å². The van der Waals surface area contributed by atoms with Crippen LogP contribution in [0.4, 0.5) is 22.0 Å². The highest BCUT2D eigenvalue weighted by molar-refractivity contribution is 5.96. The normalized spacial score (nSPS) is 11.8. The Labute approximate surface area is 156 Å². The maximum Gasteiger partial charge on any atom is 0.419 e. The van der Waals surface area contributed by atoms with Crippen molar-refractivity contribution in [1.29, 1.82) is 0 Å². The van der Waals surface area contributed by atoms with Gasteiger partial charge in [-0.3, -0.25) is 9.97 Å². The summed E-state index contributed by atoms with van der Waals surface area (Å²) in [5.74, 6) is -2.06. The Hall–Kier alpha value is -3.35. The lowest BCUT2D eigenvalue weighted by Gasteiger charge is -2.13. The molecular formula is C21H11F5N2. The second-order valence-electron chi connectivity index (χ2n) is 6.09. The van der Waals surface area contributed by atoms with Crippen LogP contribution < -0.4 is 0 Å². The molecule has 4 rings (SSSR count). The van der Waals surface area contributed by atoms with E-state index in [4.69, 9.17) is 0 Å². The third-order valence-corrected chi connectivity index (χ3v) is 4.42. The number of fused-ring (bicyclic) bond motifs is 1. The number of halogens is 5. The van der Waals surface area contributed by atoms with E-state index in [0.717, 1.165) is 12.3 Å². The molecule has 0 aliphatic carbocycles. The molecule has 0 spiro atoms. The maximum absolute atomic E-state index is 15.2. The topological polar surface area (TPSA) is 25.8 Å². The van der Waals surface area contributed by atoms with Gasteiger partial charge < -0.3 is 0 Å². The van der Waals surface area contributed by atoms with Crippen molar-refractivity contribution in [3.05, 3.63) is 84.3 Å². The zero-order valence-electron chi connectivity index (χ0n) is 14.1. The highest BCUT2D eigenvalue weighted by Crippen LogP contribution is 2.38. The molecule has 0 aliphatic rings. The SMILES string of the molecule is Fc1c(-c2cccnc2)cccc1-c1ccnc2c(F)c(C(F)(F)F)ccc12. The van der Waals surface area contributed by atoms with Crippen molar-refractivity contribution in [2.24, 2.45) is 0 Å². The van der Waals surface area contributed by atoms with E-state index in [1.54, 1.807) is 30.5 Å². The lowest BCUT2D eigenvalue weighted by atomic mass is 9.96. The molecule has 28 heavy (non-hydrogen) atoms.